The molecule has 1 saturated heterocycles. The lowest BCUT2D eigenvalue weighted by atomic mass is 10.1. The van der Waals surface area contributed by atoms with Gasteiger partial charge in [0.25, 0.3) is 5.91 Å². The number of hydrogen-bond donors (Lipinski definition) is 3. The predicted octanol–water partition coefficient (Wildman–Crippen LogP) is 5.32. The number of aromatic amines is 2. The maximum absolute atomic E-state index is 12.8. The summed E-state index contributed by atoms with van der Waals surface area (Å²) in [5.74, 6) is 2.36. The van der Waals surface area contributed by atoms with Crippen LogP contribution in [0.1, 0.15) is 36.0 Å². The third kappa shape index (κ3) is 6.64. The Morgan fingerprint density at radius 2 is 1.52 bits per heavy atom. The van der Waals surface area contributed by atoms with Gasteiger partial charge in [0.2, 0.25) is 0 Å². The first-order valence-corrected chi connectivity index (χ1v) is 14.9. The van der Waals surface area contributed by atoms with Crippen LogP contribution < -0.4 is 10.1 Å². The molecule has 1 amide bonds. The van der Waals surface area contributed by atoms with E-state index < -0.39 is 0 Å². The Balaban J connectivity index is 1.10. The molecule has 3 N–H and O–H groups in total. The standard InChI is InChI=1S/C33H39N7O2/c1-39(2)16-6-20-42-26-12-14-28-30(22-26)38-32(36-28)24-9-7-23(8-10-24)31-35-27-13-11-25(21-29(27)37-31)33(41)34-15-19-40-17-4-3-5-18-40/h7-14,21-22H,3-6,15-20H2,1-2H3,(H,34,41)(H,35,37)(H,36,38). The van der Waals surface area contributed by atoms with Gasteiger partial charge >= 0.3 is 0 Å². The Labute approximate surface area is 246 Å². The molecule has 2 aromatic heterocycles. The molecular formula is C33H39N7O2. The van der Waals surface area contributed by atoms with Crippen LogP contribution in [-0.2, 0) is 0 Å². The Hall–Kier alpha value is -4.21. The molecule has 0 bridgehead atoms. The number of rotatable bonds is 11. The van der Waals surface area contributed by atoms with Gasteiger partial charge in [0, 0.05) is 42.4 Å². The van der Waals surface area contributed by atoms with Crippen molar-refractivity contribution in [3.05, 3.63) is 66.2 Å². The quantitative estimate of drug-likeness (QED) is 0.187. The van der Waals surface area contributed by atoms with Crippen molar-refractivity contribution in [2.24, 2.45) is 0 Å². The van der Waals surface area contributed by atoms with E-state index in [4.69, 9.17) is 14.7 Å². The van der Waals surface area contributed by atoms with Crippen LogP contribution >= 0.6 is 0 Å². The number of ether oxygens (including phenoxy) is 1. The normalized spacial score (nSPS) is 14.2. The number of aromatic nitrogens is 4. The van der Waals surface area contributed by atoms with Crippen LogP contribution in [0.2, 0.25) is 0 Å². The summed E-state index contributed by atoms with van der Waals surface area (Å²) < 4.78 is 5.92. The average molecular weight is 566 g/mol. The molecule has 9 heteroatoms. The van der Waals surface area contributed by atoms with Crippen molar-refractivity contribution in [1.82, 2.24) is 35.1 Å². The van der Waals surface area contributed by atoms with Gasteiger partial charge in [-0.1, -0.05) is 30.7 Å². The van der Waals surface area contributed by atoms with Crippen molar-refractivity contribution in [1.29, 1.82) is 0 Å². The highest BCUT2D eigenvalue weighted by atomic mass is 16.5. The number of piperidine rings is 1. The van der Waals surface area contributed by atoms with Gasteiger partial charge in [-0.2, -0.15) is 0 Å². The summed E-state index contributed by atoms with van der Waals surface area (Å²) in [6.45, 7) is 5.50. The first kappa shape index (κ1) is 27.9. The Bertz CT molecular complexity index is 1650. The summed E-state index contributed by atoms with van der Waals surface area (Å²) >= 11 is 0. The van der Waals surface area contributed by atoms with Crippen molar-refractivity contribution in [2.75, 3.05) is 53.4 Å². The van der Waals surface area contributed by atoms with Crippen LogP contribution in [0.4, 0.5) is 0 Å². The average Bonchev–Trinajstić information content (AvgIpc) is 3.64. The molecule has 0 atom stereocenters. The maximum Gasteiger partial charge on any atom is 0.251 e. The molecule has 0 unspecified atom stereocenters. The lowest BCUT2D eigenvalue weighted by Gasteiger charge is -2.26. The number of carbonyl (C=O) groups excluding carboxylic acids is 1. The van der Waals surface area contributed by atoms with Gasteiger partial charge in [-0.15, -0.1) is 0 Å². The van der Waals surface area contributed by atoms with Crippen LogP contribution in [0.15, 0.2) is 60.7 Å². The predicted molar refractivity (Wildman–Crippen MR) is 168 cm³/mol. The van der Waals surface area contributed by atoms with E-state index in [1.165, 1.54) is 19.3 Å². The number of imidazole rings is 2. The zero-order valence-corrected chi connectivity index (χ0v) is 24.4. The molecule has 9 nitrogen and oxygen atoms in total. The third-order valence-corrected chi connectivity index (χ3v) is 7.81. The summed E-state index contributed by atoms with van der Waals surface area (Å²) in [5.41, 5.74) is 6.11. The number of nitrogens with zero attached hydrogens (tertiary/aromatic N) is 4. The molecule has 5 aromatic rings. The molecule has 218 valence electrons. The fraction of sp³-hybridized carbons (Fsp3) is 0.364. The maximum atomic E-state index is 12.8. The van der Waals surface area contributed by atoms with Gasteiger partial charge in [-0.3, -0.25) is 4.79 Å². The van der Waals surface area contributed by atoms with Gasteiger partial charge in [-0.25, -0.2) is 9.97 Å². The van der Waals surface area contributed by atoms with Crippen LogP contribution in [0.25, 0.3) is 44.8 Å². The number of carbonyl (C=O) groups is 1. The highest BCUT2D eigenvalue weighted by molar-refractivity contribution is 5.97. The summed E-state index contributed by atoms with van der Waals surface area (Å²) in [6.07, 6.45) is 4.80. The number of fused-ring (bicyclic) bond motifs is 2. The molecule has 1 aliphatic heterocycles. The van der Waals surface area contributed by atoms with Crippen molar-refractivity contribution in [2.45, 2.75) is 25.7 Å². The Morgan fingerprint density at radius 3 is 2.19 bits per heavy atom. The zero-order valence-electron chi connectivity index (χ0n) is 24.4. The molecule has 1 aliphatic rings. The van der Waals surface area contributed by atoms with E-state index in [-0.39, 0.29) is 5.91 Å². The minimum atomic E-state index is -0.0525. The molecule has 3 aromatic carbocycles. The van der Waals surface area contributed by atoms with Gasteiger partial charge in [0.05, 0.1) is 28.7 Å². The van der Waals surface area contributed by atoms with Crippen molar-refractivity contribution >= 4 is 28.0 Å². The first-order valence-electron chi connectivity index (χ1n) is 14.9. The molecular weight excluding hydrogens is 526 g/mol. The lowest BCUT2D eigenvalue weighted by Crippen LogP contribution is -2.37. The SMILES string of the molecule is CN(C)CCCOc1ccc2nc(-c3ccc(-c4nc5ccc(C(=O)NCCN6CCCCC6)cc5[nH]4)cc3)[nH]c2c1. The highest BCUT2D eigenvalue weighted by Gasteiger charge is 2.13. The van der Waals surface area contributed by atoms with Gasteiger partial charge in [0.15, 0.2) is 0 Å². The number of H-pyrrole nitrogens is 2. The molecule has 1 fully saturated rings. The van der Waals surface area contributed by atoms with Crippen LogP contribution in [-0.4, -0.2) is 89.1 Å². The summed E-state index contributed by atoms with van der Waals surface area (Å²) in [6, 6.07) is 19.7. The largest absolute Gasteiger partial charge is 0.493 e. The zero-order chi connectivity index (χ0) is 28.9. The van der Waals surface area contributed by atoms with E-state index in [1.54, 1.807) is 0 Å². The third-order valence-electron chi connectivity index (χ3n) is 7.81. The van der Waals surface area contributed by atoms with Crippen LogP contribution in [0, 0.1) is 0 Å². The minimum Gasteiger partial charge on any atom is -0.493 e. The van der Waals surface area contributed by atoms with Crippen LogP contribution in [0.5, 0.6) is 5.75 Å². The van der Waals surface area contributed by atoms with Crippen LogP contribution in [0.3, 0.4) is 0 Å². The van der Waals surface area contributed by atoms with Crippen molar-refractivity contribution < 1.29 is 9.53 Å². The fourth-order valence-corrected chi connectivity index (χ4v) is 5.47. The summed E-state index contributed by atoms with van der Waals surface area (Å²) in [7, 11) is 4.13. The Kier molecular flexibility index (Phi) is 8.48. The molecule has 0 spiro atoms. The van der Waals surface area contributed by atoms with E-state index in [0.717, 1.165) is 83.2 Å². The molecule has 0 saturated carbocycles. The number of nitrogens with one attached hydrogen (secondary N) is 3. The molecule has 42 heavy (non-hydrogen) atoms. The first-order chi connectivity index (χ1) is 20.5. The Morgan fingerprint density at radius 1 is 0.881 bits per heavy atom. The number of likely N-dealkylation sites (tertiary alicyclic amines) is 1. The highest BCUT2D eigenvalue weighted by Crippen LogP contribution is 2.27. The molecule has 3 heterocycles. The van der Waals surface area contributed by atoms with Gasteiger partial charge in [-0.05, 0) is 76.8 Å². The van der Waals surface area contributed by atoms with E-state index >= 15 is 0 Å². The van der Waals surface area contributed by atoms with E-state index in [1.807, 2.05) is 60.7 Å². The molecule has 0 aliphatic carbocycles. The number of benzene rings is 3. The number of hydrogen-bond acceptors (Lipinski definition) is 6. The van der Waals surface area contributed by atoms with E-state index in [9.17, 15) is 4.79 Å². The molecule has 6 rings (SSSR count). The van der Waals surface area contributed by atoms with E-state index in [0.29, 0.717) is 18.7 Å². The summed E-state index contributed by atoms with van der Waals surface area (Å²) in [4.78, 5) is 33.7. The monoisotopic (exact) mass is 565 g/mol. The second kappa shape index (κ2) is 12.8. The second-order valence-electron chi connectivity index (χ2n) is 11.3. The topological polar surface area (TPSA) is 102 Å². The van der Waals surface area contributed by atoms with E-state index in [2.05, 4.69) is 39.2 Å². The van der Waals surface area contributed by atoms with Gasteiger partial charge < -0.3 is 29.8 Å². The lowest BCUT2D eigenvalue weighted by molar-refractivity contribution is 0.0946. The minimum absolute atomic E-state index is 0.0525. The second-order valence-corrected chi connectivity index (χ2v) is 11.3. The summed E-state index contributed by atoms with van der Waals surface area (Å²) in [5, 5.41) is 3.07. The molecule has 0 radical (unpaired) electrons. The van der Waals surface area contributed by atoms with Crippen molar-refractivity contribution in [3.8, 4) is 28.5 Å². The smallest absolute Gasteiger partial charge is 0.251 e. The van der Waals surface area contributed by atoms with Crippen molar-refractivity contribution in [3.63, 3.8) is 0 Å². The number of amides is 1. The fourth-order valence-electron chi connectivity index (χ4n) is 5.47. The van der Waals surface area contributed by atoms with Gasteiger partial charge in [0.1, 0.15) is 17.4 Å².